The molecule has 0 atom stereocenters. The van der Waals surface area contributed by atoms with Crippen molar-refractivity contribution in [3.8, 4) is 17.6 Å². The van der Waals surface area contributed by atoms with E-state index < -0.39 is 0 Å². The van der Waals surface area contributed by atoms with E-state index in [9.17, 15) is 4.79 Å². The second kappa shape index (κ2) is 12.0. The molecule has 0 unspecified atom stereocenters. The minimum atomic E-state index is -0.136. The number of ether oxygens (including phenoxy) is 2. The van der Waals surface area contributed by atoms with Crippen LogP contribution in [-0.2, 0) is 11.2 Å². The lowest BCUT2D eigenvalue weighted by Gasteiger charge is -2.58. The maximum atomic E-state index is 12.0. The number of carbonyl (C=O) groups is 1. The summed E-state index contributed by atoms with van der Waals surface area (Å²) in [5.74, 6) is 8.17. The standard InChI is InChI=1S/C35H42N4O3S/c1-36-34(40)24-10-15-29(31(18-24)41-2)37-16-4-7-32-28(17-23-8-9-23)27-5-3-6-30(33(27)43-32)38-25-11-13-26(14-12-25)39-19-35(20-39)21-42-22-35/h3,5-6,10,15,18,23,25-26,37-38H,8-9,11-14,16-17,19-22H2,1-2H3,(H,36,40). The van der Waals surface area contributed by atoms with Crippen LogP contribution in [0.25, 0.3) is 10.1 Å². The summed E-state index contributed by atoms with van der Waals surface area (Å²) in [6.45, 7) is 4.92. The Kier molecular flexibility index (Phi) is 7.98. The first-order valence-electron chi connectivity index (χ1n) is 15.8. The zero-order chi connectivity index (χ0) is 29.4. The van der Waals surface area contributed by atoms with E-state index in [1.165, 1.54) is 77.8 Å². The van der Waals surface area contributed by atoms with E-state index >= 15 is 0 Å². The maximum absolute atomic E-state index is 12.0. The van der Waals surface area contributed by atoms with Crippen molar-refractivity contribution < 1.29 is 14.3 Å². The van der Waals surface area contributed by atoms with Crippen LogP contribution in [0.5, 0.6) is 5.75 Å². The lowest BCUT2D eigenvalue weighted by molar-refractivity contribution is -0.200. The number of thiophene rings is 1. The van der Waals surface area contributed by atoms with E-state index in [0.29, 0.717) is 29.3 Å². The molecule has 1 spiro atoms. The van der Waals surface area contributed by atoms with Crippen LogP contribution in [0.2, 0.25) is 0 Å². The molecule has 2 saturated heterocycles. The van der Waals surface area contributed by atoms with Crippen molar-refractivity contribution in [2.75, 3.05) is 57.6 Å². The first-order chi connectivity index (χ1) is 21.0. The maximum Gasteiger partial charge on any atom is 0.251 e. The molecule has 3 aromatic rings. The number of likely N-dealkylation sites (tertiary alicyclic amines) is 1. The van der Waals surface area contributed by atoms with E-state index in [0.717, 1.165) is 37.3 Å². The second-order valence-electron chi connectivity index (χ2n) is 12.9. The van der Waals surface area contributed by atoms with Crippen LogP contribution in [-0.4, -0.2) is 69.9 Å². The summed E-state index contributed by atoms with van der Waals surface area (Å²) in [6.07, 6.45) is 8.79. The van der Waals surface area contributed by atoms with E-state index in [4.69, 9.17) is 9.47 Å². The molecule has 3 N–H and O–H groups in total. The first-order valence-corrected chi connectivity index (χ1v) is 16.6. The average Bonchev–Trinajstić information content (AvgIpc) is 3.74. The predicted molar refractivity (Wildman–Crippen MR) is 174 cm³/mol. The quantitative estimate of drug-likeness (QED) is 0.273. The molecule has 0 radical (unpaired) electrons. The monoisotopic (exact) mass is 598 g/mol. The third kappa shape index (κ3) is 5.95. The number of hydrogen-bond acceptors (Lipinski definition) is 7. The number of rotatable bonds is 9. The van der Waals surface area contributed by atoms with Crippen molar-refractivity contribution in [1.82, 2.24) is 10.2 Å². The number of benzene rings is 2. The van der Waals surface area contributed by atoms with Crippen LogP contribution in [0.15, 0.2) is 36.4 Å². The zero-order valence-electron chi connectivity index (χ0n) is 25.3. The molecule has 1 aromatic heterocycles. The zero-order valence-corrected chi connectivity index (χ0v) is 26.1. The van der Waals surface area contributed by atoms with E-state index in [1.54, 1.807) is 26.3 Å². The number of methoxy groups -OCH3 is 1. The largest absolute Gasteiger partial charge is 0.495 e. The fourth-order valence-corrected chi connectivity index (χ4v) is 8.22. The van der Waals surface area contributed by atoms with Crippen LogP contribution in [0.3, 0.4) is 0 Å². The Morgan fingerprint density at radius 2 is 1.91 bits per heavy atom. The van der Waals surface area contributed by atoms with E-state index in [-0.39, 0.29) is 5.91 Å². The Hall–Kier alpha value is -3.25. The van der Waals surface area contributed by atoms with Gasteiger partial charge in [-0.1, -0.05) is 24.0 Å². The number of nitrogens with zero attached hydrogens (tertiary/aromatic N) is 1. The molecule has 2 aliphatic carbocycles. The van der Waals surface area contributed by atoms with Gasteiger partial charge in [0.2, 0.25) is 0 Å². The normalized spacial score (nSPS) is 22.7. The highest BCUT2D eigenvalue weighted by Crippen LogP contribution is 2.43. The summed E-state index contributed by atoms with van der Waals surface area (Å²) in [4.78, 5) is 15.9. The third-order valence-electron chi connectivity index (χ3n) is 9.73. The van der Waals surface area contributed by atoms with Crippen molar-refractivity contribution in [2.45, 2.75) is 57.0 Å². The molecule has 3 heterocycles. The van der Waals surface area contributed by atoms with Gasteiger partial charge in [0.05, 0.1) is 47.8 Å². The van der Waals surface area contributed by atoms with Gasteiger partial charge in [-0.2, -0.15) is 0 Å². The molecule has 43 heavy (non-hydrogen) atoms. The number of anilines is 2. The molecule has 7 nitrogen and oxygen atoms in total. The summed E-state index contributed by atoms with van der Waals surface area (Å²) < 4.78 is 12.3. The number of nitrogens with one attached hydrogen (secondary N) is 3. The molecule has 0 bridgehead atoms. The first kappa shape index (κ1) is 28.5. The Labute approximate surface area is 258 Å². The van der Waals surface area contributed by atoms with Crippen molar-refractivity contribution in [3.05, 3.63) is 52.4 Å². The summed E-state index contributed by atoms with van der Waals surface area (Å²) >= 11 is 1.84. The summed E-state index contributed by atoms with van der Waals surface area (Å²) in [7, 11) is 3.24. The van der Waals surface area contributed by atoms with E-state index in [1.807, 2.05) is 17.4 Å². The number of amides is 1. The molecule has 2 aliphatic heterocycles. The van der Waals surface area contributed by atoms with Gasteiger partial charge in [0.25, 0.3) is 5.91 Å². The Bertz CT molecular complexity index is 1550. The second-order valence-corrected chi connectivity index (χ2v) is 14.0. The molecule has 1 amide bonds. The molecule has 4 fully saturated rings. The minimum absolute atomic E-state index is 0.136. The summed E-state index contributed by atoms with van der Waals surface area (Å²) in [5, 5.41) is 11.3. The minimum Gasteiger partial charge on any atom is -0.495 e. The topological polar surface area (TPSA) is 74.9 Å². The fourth-order valence-electron chi connectivity index (χ4n) is 7.04. The highest BCUT2D eigenvalue weighted by atomic mass is 32.1. The molecule has 4 aliphatic rings. The summed E-state index contributed by atoms with van der Waals surface area (Å²) in [5.41, 5.74) is 4.58. The van der Waals surface area contributed by atoms with Crippen molar-refractivity contribution in [2.24, 2.45) is 11.3 Å². The number of carbonyl (C=O) groups excluding carboxylic acids is 1. The molecule has 226 valence electrons. The van der Waals surface area contributed by atoms with Crippen LogP contribution < -0.4 is 20.7 Å². The molecule has 2 saturated carbocycles. The Morgan fingerprint density at radius 3 is 2.60 bits per heavy atom. The van der Waals surface area contributed by atoms with Crippen molar-refractivity contribution >= 4 is 38.7 Å². The number of hydrogen-bond donors (Lipinski definition) is 3. The molecular formula is C35H42N4O3S. The SMILES string of the molecule is CNC(=O)c1ccc(NCC#Cc2sc3c(NC4CCC(N5CC6(COC6)C5)CC4)cccc3c2CC2CC2)c(OC)c1. The van der Waals surface area contributed by atoms with Crippen molar-refractivity contribution in [3.63, 3.8) is 0 Å². The Balaban J connectivity index is 1.03. The molecule has 2 aromatic carbocycles. The molecule has 8 heteroatoms. The Morgan fingerprint density at radius 1 is 1.09 bits per heavy atom. The van der Waals surface area contributed by atoms with Crippen LogP contribution >= 0.6 is 11.3 Å². The van der Waals surface area contributed by atoms with Gasteiger partial charge in [-0.3, -0.25) is 9.69 Å². The lowest BCUT2D eigenvalue weighted by Crippen LogP contribution is -2.68. The highest BCUT2D eigenvalue weighted by molar-refractivity contribution is 7.20. The van der Waals surface area contributed by atoms with E-state index in [2.05, 4.69) is 50.9 Å². The highest BCUT2D eigenvalue weighted by Gasteiger charge is 2.50. The van der Waals surface area contributed by atoms with Gasteiger partial charge in [-0.25, -0.2) is 0 Å². The van der Waals surface area contributed by atoms with Gasteiger partial charge in [0, 0.05) is 43.2 Å². The fraction of sp³-hybridized carbons (Fsp3) is 0.514. The van der Waals surface area contributed by atoms with Gasteiger partial charge in [0.15, 0.2) is 0 Å². The molecule has 7 rings (SSSR count). The lowest BCUT2D eigenvalue weighted by atomic mass is 9.75. The van der Waals surface area contributed by atoms with Crippen molar-refractivity contribution in [1.29, 1.82) is 0 Å². The average molecular weight is 599 g/mol. The summed E-state index contributed by atoms with van der Waals surface area (Å²) in [6, 6.07) is 13.5. The number of fused-ring (bicyclic) bond motifs is 1. The van der Waals surface area contributed by atoms with Gasteiger partial charge in [-0.05, 0) is 86.1 Å². The molecular weight excluding hydrogens is 556 g/mol. The smallest absolute Gasteiger partial charge is 0.251 e. The van der Waals surface area contributed by atoms with Crippen LogP contribution in [0, 0.1) is 23.2 Å². The van der Waals surface area contributed by atoms with Gasteiger partial charge in [-0.15, -0.1) is 11.3 Å². The van der Waals surface area contributed by atoms with Crippen LogP contribution in [0.1, 0.15) is 59.3 Å². The third-order valence-corrected chi connectivity index (χ3v) is 10.9. The van der Waals surface area contributed by atoms with Gasteiger partial charge in [0.1, 0.15) is 5.75 Å². The predicted octanol–water partition coefficient (Wildman–Crippen LogP) is 5.74. The van der Waals surface area contributed by atoms with Crippen LogP contribution in [0.4, 0.5) is 11.4 Å². The van der Waals surface area contributed by atoms with Gasteiger partial charge >= 0.3 is 0 Å². The van der Waals surface area contributed by atoms with Gasteiger partial charge < -0.3 is 25.4 Å².